The van der Waals surface area contributed by atoms with Crippen molar-refractivity contribution in [2.45, 2.75) is 0 Å². The summed E-state index contributed by atoms with van der Waals surface area (Å²) in [4.78, 5) is 20.5. The Morgan fingerprint density at radius 3 is 2.87 bits per heavy atom. The Morgan fingerprint density at radius 1 is 1.13 bits per heavy atom. The second-order valence-electron chi connectivity index (χ2n) is 6.40. The Hall–Kier alpha value is -3.56. The number of ether oxygens (including phenoxy) is 3. The molecule has 160 valence electrons. The molecule has 1 aliphatic rings. The summed E-state index contributed by atoms with van der Waals surface area (Å²) in [5.41, 5.74) is 1.19. The van der Waals surface area contributed by atoms with Gasteiger partial charge in [-0.2, -0.15) is 4.98 Å². The molecule has 2 aromatic carbocycles. The van der Waals surface area contributed by atoms with Gasteiger partial charge < -0.3 is 30.2 Å². The third kappa shape index (κ3) is 5.33. The summed E-state index contributed by atoms with van der Waals surface area (Å²) in [5, 5.41) is 9.38. The highest BCUT2D eigenvalue weighted by Gasteiger charge is 2.20. The zero-order valence-electron chi connectivity index (χ0n) is 16.4. The van der Waals surface area contributed by atoms with Crippen LogP contribution in [0.15, 0.2) is 54.7 Å². The molecule has 0 aliphatic carbocycles. The standard InChI is InChI=1S/C21H20ClN5O4/c22-15-6-7-16-19(31-13-30-16)18(15)26-17-8-9-24-21(27-17)25-12-29-11-10-23-20(28)14-4-2-1-3-5-14/h1-9H,10-13H2,(H,23,28)(H2,24,25,26,27). The molecule has 9 nitrogen and oxygen atoms in total. The molecule has 3 N–H and O–H groups in total. The monoisotopic (exact) mass is 441 g/mol. The molecular formula is C21H20ClN5O4. The van der Waals surface area contributed by atoms with Crippen LogP contribution in [0.2, 0.25) is 5.02 Å². The first-order chi connectivity index (χ1) is 15.2. The minimum Gasteiger partial charge on any atom is -0.454 e. The van der Waals surface area contributed by atoms with Gasteiger partial charge >= 0.3 is 0 Å². The molecule has 0 unspecified atom stereocenters. The van der Waals surface area contributed by atoms with E-state index in [4.69, 9.17) is 25.8 Å². The predicted octanol–water partition coefficient (Wildman–Crippen LogP) is 3.42. The van der Waals surface area contributed by atoms with E-state index < -0.39 is 0 Å². The summed E-state index contributed by atoms with van der Waals surface area (Å²) in [6.45, 7) is 1.05. The van der Waals surface area contributed by atoms with Crippen LogP contribution in [0.3, 0.4) is 0 Å². The third-order valence-corrected chi connectivity index (χ3v) is 4.61. The number of rotatable bonds is 9. The Labute approximate surface area is 183 Å². The highest BCUT2D eigenvalue weighted by atomic mass is 35.5. The number of benzene rings is 2. The number of hydrogen-bond donors (Lipinski definition) is 3. The second-order valence-corrected chi connectivity index (χ2v) is 6.81. The number of fused-ring (bicyclic) bond motifs is 1. The molecule has 1 aromatic heterocycles. The summed E-state index contributed by atoms with van der Waals surface area (Å²) in [6, 6.07) is 14.2. The van der Waals surface area contributed by atoms with E-state index in [1.165, 1.54) is 0 Å². The number of halogens is 1. The molecule has 3 aromatic rings. The van der Waals surface area contributed by atoms with Crippen LogP contribution < -0.4 is 25.4 Å². The number of amides is 1. The largest absolute Gasteiger partial charge is 0.454 e. The fraction of sp³-hybridized carbons (Fsp3) is 0.190. The number of aromatic nitrogens is 2. The molecule has 10 heteroatoms. The van der Waals surface area contributed by atoms with Crippen molar-refractivity contribution in [2.75, 3.05) is 37.3 Å². The lowest BCUT2D eigenvalue weighted by Crippen LogP contribution is -2.27. The molecule has 0 saturated heterocycles. The molecule has 0 fully saturated rings. The highest BCUT2D eigenvalue weighted by Crippen LogP contribution is 2.44. The molecule has 0 spiro atoms. The zero-order valence-corrected chi connectivity index (χ0v) is 17.2. The number of anilines is 3. The second kappa shape index (κ2) is 9.96. The molecule has 1 aliphatic heterocycles. The van der Waals surface area contributed by atoms with Crippen molar-refractivity contribution in [3.8, 4) is 11.5 Å². The van der Waals surface area contributed by atoms with E-state index in [1.54, 1.807) is 36.5 Å². The first-order valence-electron chi connectivity index (χ1n) is 9.54. The number of carbonyl (C=O) groups excluding carboxylic acids is 1. The van der Waals surface area contributed by atoms with Gasteiger partial charge in [-0.15, -0.1) is 0 Å². The fourth-order valence-corrected chi connectivity index (χ4v) is 3.02. The van der Waals surface area contributed by atoms with Gasteiger partial charge in [-0.3, -0.25) is 4.79 Å². The zero-order chi connectivity index (χ0) is 21.5. The van der Waals surface area contributed by atoms with Crippen molar-refractivity contribution < 1.29 is 19.0 Å². The van der Waals surface area contributed by atoms with Crippen LogP contribution in [0.5, 0.6) is 11.5 Å². The average molecular weight is 442 g/mol. The molecule has 0 bridgehead atoms. The van der Waals surface area contributed by atoms with Crippen LogP contribution in [0, 0.1) is 0 Å². The van der Waals surface area contributed by atoms with Crippen LogP contribution in [-0.4, -0.2) is 42.6 Å². The Bertz CT molecular complexity index is 1050. The van der Waals surface area contributed by atoms with E-state index in [1.807, 2.05) is 18.2 Å². The minimum atomic E-state index is -0.139. The molecule has 0 saturated carbocycles. The smallest absolute Gasteiger partial charge is 0.251 e. The summed E-state index contributed by atoms with van der Waals surface area (Å²) in [5.74, 6) is 1.92. The minimum absolute atomic E-state index is 0.139. The fourth-order valence-electron chi connectivity index (χ4n) is 2.82. The lowest BCUT2D eigenvalue weighted by Gasteiger charge is -2.12. The molecule has 1 amide bonds. The molecule has 4 rings (SSSR count). The van der Waals surface area contributed by atoms with Crippen molar-refractivity contribution >= 4 is 35.0 Å². The van der Waals surface area contributed by atoms with Crippen molar-refractivity contribution in [3.63, 3.8) is 0 Å². The van der Waals surface area contributed by atoms with E-state index in [9.17, 15) is 4.79 Å². The van der Waals surface area contributed by atoms with Crippen molar-refractivity contribution in [3.05, 3.63) is 65.3 Å². The normalized spacial score (nSPS) is 11.8. The highest BCUT2D eigenvalue weighted by molar-refractivity contribution is 6.33. The van der Waals surface area contributed by atoms with Crippen molar-refractivity contribution in [2.24, 2.45) is 0 Å². The lowest BCUT2D eigenvalue weighted by molar-refractivity contribution is 0.0924. The van der Waals surface area contributed by atoms with Gasteiger partial charge in [-0.1, -0.05) is 29.8 Å². The van der Waals surface area contributed by atoms with Gasteiger partial charge in [0.15, 0.2) is 11.5 Å². The summed E-state index contributed by atoms with van der Waals surface area (Å²) >= 11 is 6.28. The van der Waals surface area contributed by atoms with Crippen LogP contribution in [0.4, 0.5) is 17.5 Å². The number of nitrogens with one attached hydrogen (secondary N) is 3. The van der Waals surface area contributed by atoms with Crippen LogP contribution in [0.25, 0.3) is 0 Å². The summed E-state index contributed by atoms with van der Waals surface area (Å²) in [7, 11) is 0. The van der Waals surface area contributed by atoms with Gasteiger partial charge in [-0.05, 0) is 30.3 Å². The maximum absolute atomic E-state index is 11.9. The Kier molecular flexibility index (Phi) is 6.65. The first kappa shape index (κ1) is 20.7. The van der Waals surface area contributed by atoms with Gasteiger partial charge in [0.25, 0.3) is 5.91 Å². The molecule has 0 radical (unpaired) electrons. The van der Waals surface area contributed by atoms with Gasteiger partial charge in [0.1, 0.15) is 18.2 Å². The van der Waals surface area contributed by atoms with Crippen molar-refractivity contribution in [1.82, 2.24) is 15.3 Å². The van der Waals surface area contributed by atoms with Crippen LogP contribution >= 0.6 is 11.6 Å². The van der Waals surface area contributed by atoms with Crippen LogP contribution in [0.1, 0.15) is 10.4 Å². The first-order valence-corrected chi connectivity index (χ1v) is 9.91. The SMILES string of the molecule is O=C(NCCOCNc1nccc(Nc2c(Cl)ccc3c2OCO3)n1)c1ccccc1. The van der Waals surface area contributed by atoms with E-state index in [0.717, 1.165) is 0 Å². The molecule has 31 heavy (non-hydrogen) atoms. The van der Waals surface area contributed by atoms with E-state index in [2.05, 4.69) is 25.9 Å². The van der Waals surface area contributed by atoms with E-state index in [0.29, 0.717) is 52.7 Å². The topological polar surface area (TPSA) is 107 Å². The van der Waals surface area contributed by atoms with Crippen molar-refractivity contribution in [1.29, 1.82) is 0 Å². The van der Waals surface area contributed by atoms with Crippen LogP contribution in [-0.2, 0) is 4.74 Å². The Balaban J connectivity index is 1.23. The van der Waals surface area contributed by atoms with Gasteiger partial charge in [0.05, 0.1) is 11.6 Å². The summed E-state index contributed by atoms with van der Waals surface area (Å²) < 4.78 is 16.3. The van der Waals surface area contributed by atoms with Gasteiger partial charge in [0.2, 0.25) is 12.7 Å². The van der Waals surface area contributed by atoms with Gasteiger partial charge in [0, 0.05) is 18.3 Å². The van der Waals surface area contributed by atoms with E-state index >= 15 is 0 Å². The predicted molar refractivity (Wildman–Crippen MR) is 116 cm³/mol. The quantitative estimate of drug-likeness (QED) is 0.342. The molecule has 2 heterocycles. The number of hydrogen-bond acceptors (Lipinski definition) is 8. The Morgan fingerprint density at radius 2 is 2.00 bits per heavy atom. The number of nitrogens with zero attached hydrogens (tertiary/aromatic N) is 2. The molecular weight excluding hydrogens is 422 g/mol. The van der Waals surface area contributed by atoms with E-state index in [-0.39, 0.29) is 19.4 Å². The maximum atomic E-state index is 11.9. The molecule has 0 atom stereocenters. The average Bonchev–Trinajstić information content (AvgIpc) is 3.28. The summed E-state index contributed by atoms with van der Waals surface area (Å²) in [6.07, 6.45) is 1.60. The number of carbonyl (C=O) groups is 1. The third-order valence-electron chi connectivity index (χ3n) is 4.30. The van der Waals surface area contributed by atoms with Gasteiger partial charge in [-0.25, -0.2) is 4.98 Å². The maximum Gasteiger partial charge on any atom is 0.251 e. The lowest BCUT2D eigenvalue weighted by atomic mass is 10.2.